The normalized spacial score (nSPS) is 11.5. The molecule has 0 aliphatic carbocycles. The van der Waals surface area contributed by atoms with E-state index in [0.29, 0.717) is 5.56 Å². The number of halogens is 2. The second-order valence-corrected chi connectivity index (χ2v) is 7.98. The highest BCUT2D eigenvalue weighted by Gasteiger charge is 2.23. The average molecular weight is 415 g/mol. The van der Waals surface area contributed by atoms with Crippen LogP contribution in [-0.4, -0.2) is 32.7 Å². The first-order valence-corrected chi connectivity index (χ1v) is 9.21. The summed E-state index contributed by atoms with van der Waals surface area (Å²) in [5.74, 6) is -0.731. The van der Waals surface area contributed by atoms with E-state index in [9.17, 15) is 17.6 Å². The molecule has 0 aromatic heterocycles. The van der Waals surface area contributed by atoms with Gasteiger partial charge in [-0.05, 0) is 51.8 Å². The van der Waals surface area contributed by atoms with E-state index in [1.54, 1.807) is 24.3 Å². The van der Waals surface area contributed by atoms with Crippen molar-refractivity contribution in [1.82, 2.24) is 9.62 Å². The van der Waals surface area contributed by atoms with Gasteiger partial charge in [-0.25, -0.2) is 12.8 Å². The van der Waals surface area contributed by atoms with Crippen molar-refractivity contribution < 1.29 is 17.6 Å². The van der Waals surface area contributed by atoms with Gasteiger partial charge >= 0.3 is 0 Å². The van der Waals surface area contributed by atoms with Crippen LogP contribution in [0.3, 0.4) is 0 Å². The van der Waals surface area contributed by atoms with Gasteiger partial charge in [0.05, 0.1) is 4.90 Å². The van der Waals surface area contributed by atoms with Crippen molar-refractivity contribution in [2.75, 3.05) is 14.1 Å². The Morgan fingerprint density at radius 2 is 1.83 bits per heavy atom. The Labute approximate surface area is 148 Å². The Hall–Kier alpha value is -1.77. The maximum atomic E-state index is 13.1. The Balaban J connectivity index is 2.22. The highest BCUT2D eigenvalue weighted by atomic mass is 79.9. The molecule has 0 aliphatic heterocycles. The lowest BCUT2D eigenvalue weighted by atomic mass is 10.1. The third-order valence-corrected chi connectivity index (χ3v) is 6.21. The van der Waals surface area contributed by atoms with Gasteiger partial charge in [0.1, 0.15) is 5.82 Å². The van der Waals surface area contributed by atoms with Crippen molar-refractivity contribution in [3.63, 3.8) is 0 Å². The van der Waals surface area contributed by atoms with Crippen molar-refractivity contribution in [3.8, 4) is 0 Å². The molecule has 0 heterocycles. The molecule has 0 spiro atoms. The zero-order valence-electron chi connectivity index (χ0n) is 13.1. The van der Waals surface area contributed by atoms with Crippen LogP contribution in [-0.2, 0) is 16.6 Å². The maximum Gasteiger partial charge on any atom is 0.251 e. The van der Waals surface area contributed by atoms with Gasteiger partial charge in [0, 0.05) is 30.7 Å². The third kappa shape index (κ3) is 4.00. The van der Waals surface area contributed by atoms with Crippen molar-refractivity contribution in [1.29, 1.82) is 0 Å². The van der Waals surface area contributed by atoms with E-state index in [-0.39, 0.29) is 21.8 Å². The molecule has 8 heteroatoms. The van der Waals surface area contributed by atoms with Gasteiger partial charge in [-0.2, -0.15) is 4.31 Å². The van der Waals surface area contributed by atoms with Crippen LogP contribution >= 0.6 is 15.9 Å². The summed E-state index contributed by atoms with van der Waals surface area (Å²) in [5.41, 5.74) is 1.22. The molecule has 0 bridgehead atoms. The minimum atomic E-state index is -3.78. The summed E-state index contributed by atoms with van der Waals surface area (Å²) in [6.45, 7) is 0.125. The fraction of sp³-hybridized carbons (Fsp3) is 0.188. The smallest absolute Gasteiger partial charge is 0.251 e. The molecule has 1 amide bonds. The zero-order chi connectivity index (χ0) is 17.9. The summed E-state index contributed by atoms with van der Waals surface area (Å²) >= 11 is 3.08. The number of carbonyl (C=O) groups is 1. The molecule has 1 N–H and O–H groups in total. The predicted molar refractivity (Wildman–Crippen MR) is 92.6 cm³/mol. The first kappa shape index (κ1) is 18.6. The van der Waals surface area contributed by atoms with E-state index in [0.717, 1.165) is 17.7 Å². The zero-order valence-corrected chi connectivity index (χ0v) is 15.5. The molecule has 0 radical (unpaired) electrons. The minimum absolute atomic E-state index is 0.00613. The highest BCUT2D eigenvalue weighted by molar-refractivity contribution is 9.10. The van der Waals surface area contributed by atoms with E-state index >= 15 is 0 Å². The number of nitrogens with one attached hydrogen (secondary N) is 1. The Kier molecular flexibility index (Phi) is 5.74. The number of hydrogen-bond donors (Lipinski definition) is 1. The largest absolute Gasteiger partial charge is 0.355 e. The molecule has 2 aromatic carbocycles. The topological polar surface area (TPSA) is 66.5 Å². The van der Waals surface area contributed by atoms with Gasteiger partial charge in [-0.15, -0.1) is 0 Å². The molecule has 24 heavy (non-hydrogen) atoms. The number of nitrogens with zero attached hydrogens (tertiary/aromatic N) is 1. The lowest BCUT2D eigenvalue weighted by Crippen LogP contribution is -2.27. The molecular weight excluding hydrogens is 399 g/mol. The molecule has 0 fully saturated rings. The molecule has 0 aliphatic rings. The predicted octanol–water partition coefficient (Wildman–Crippen LogP) is 2.77. The summed E-state index contributed by atoms with van der Waals surface area (Å²) in [5, 5.41) is 2.52. The monoisotopic (exact) mass is 414 g/mol. The molecule has 0 saturated heterocycles. The van der Waals surface area contributed by atoms with Crippen LogP contribution < -0.4 is 5.32 Å². The summed E-state index contributed by atoms with van der Waals surface area (Å²) in [6, 6.07) is 10.1. The Morgan fingerprint density at radius 3 is 2.38 bits per heavy atom. The van der Waals surface area contributed by atoms with Crippen LogP contribution in [0.2, 0.25) is 0 Å². The van der Waals surface area contributed by atoms with E-state index in [1.165, 1.54) is 24.5 Å². The van der Waals surface area contributed by atoms with E-state index in [4.69, 9.17) is 0 Å². The van der Waals surface area contributed by atoms with Crippen molar-refractivity contribution in [2.24, 2.45) is 0 Å². The Morgan fingerprint density at radius 1 is 1.21 bits per heavy atom. The molecule has 5 nitrogen and oxygen atoms in total. The minimum Gasteiger partial charge on any atom is -0.355 e. The number of rotatable bonds is 5. The lowest BCUT2D eigenvalue weighted by Gasteiger charge is -2.18. The first-order chi connectivity index (χ1) is 11.3. The van der Waals surface area contributed by atoms with Crippen LogP contribution in [0.1, 0.15) is 15.9 Å². The summed E-state index contributed by atoms with van der Waals surface area (Å²) in [6.07, 6.45) is 0. The molecule has 2 rings (SSSR count). The quantitative estimate of drug-likeness (QED) is 0.817. The third-order valence-electron chi connectivity index (χ3n) is 3.43. The number of amides is 1. The standard InChI is InChI=1S/C16H16BrFN2O3S/c1-19-16(21)12-5-3-11(4-6-12)10-20(2)24(22,23)15-8-7-13(18)9-14(15)17/h3-9H,10H2,1-2H3,(H,19,21). The van der Waals surface area contributed by atoms with Crippen molar-refractivity contribution in [2.45, 2.75) is 11.4 Å². The summed E-state index contributed by atoms with van der Waals surface area (Å²) in [4.78, 5) is 11.5. The van der Waals surface area contributed by atoms with Gasteiger partial charge in [0.25, 0.3) is 5.91 Å². The van der Waals surface area contributed by atoms with Crippen LogP contribution in [0, 0.1) is 5.82 Å². The van der Waals surface area contributed by atoms with Crippen molar-refractivity contribution >= 4 is 31.9 Å². The fourth-order valence-electron chi connectivity index (χ4n) is 2.10. The number of hydrogen-bond acceptors (Lipinski definition) is 3. The first-order valence-electron chi connectivity index (χ1n) is 6.98. The number of carbonyl (C=O) groups excluding carboxylic acids is 1. The summed E-state index contributed by atoms with van der Waals surface area (Å²) < 4.78 is 39.7. The van der Waals surface area contributed by atoms with Gasteiger partial charge in [-0.3, -0.25) is 4.79 Å². The second kappa shape index (κ2) is 7.42. The molecule has 0 atom stereocenters. The van der Waals surface area contributed by atoms with Crippen LogP contribution in [0.25, 0.3) is 0 Å². The number of sulfonamides is 1. The molecule has 2 aromatic rings. The molecule has 0 unspecified atom stereocenters. The second-order valence-electron chi connectivity index (χ2n) is 5.11. The maximum absolute atomic E-state index is 13.1. The Bertz CT molecular complexity index is 854. The average Bonchev–Trinajstić information content (AvgIpc) is 2.54. The highest BCUT2D eigenvalue weighted by Crippen LogP contribution is 2.26. The molecular formula is C16H16BrFN2O3S. The lowest BCUT2D eigenvalue weighted by molar-refractivity contribution is 0.0963. The number of benzene rings is 2. The molecule has 128 valence electrons. The SMILES string of the molecule is CNC(=O)c1ccc(CN(C)S(=O)(=O)c2ccc(F)cc2Br)cc1. The molecule has 0 saturated carbocycles. The van der Waals surface area contributed by atoms with Gasteiger partial charge < -0.3 is 5.32 Å². The van der Waals surface area contributed by atoms with Crippen LogP contribution in [0.5, 0.6) is 0 Å². The van der Waals surface area contributed by atoms with E-state index in [1.807, 2.05) is 0 Å². The summed E-state index contributed by atoms with van der Waals surface area (Å²) in [7, 11) is -0.794. The fourth-order valence-corrected chi connectivity index (χ4v) is 4.26. The van der Waals surface area contributed by atoms with Gasteiger partial charge in [0.15, 0.2) is 0 Å². The van der Waals surface area contributed by atoms with Gasteiger partial charge in [0.2, 0.25) is 10.0 Å². The van der Waals surface area contributed by atoms with Crippen molar-refractivity contribution in [3.05, 3.63) is 63.9 Å². The van der Waals surface area contributed by atoms with Crippen LogP contribution in [0.15, 0.2) is 51.8 Å². The van der Waals surface area contributed by atoms with E-state index < -0.39 is 15.8 Å². The van der Waals surface area contributed by atoms with E-state index in [2.05, 4.69) is 21.2 Å². The van der Waals surface area contributed by atoms with Crippen LogP contribution in [0.4, 0.5) is 4.39 Å². The van der Waals surface area contributed by atoms with Gasteiger partial charge in [-0.1, -0.05) is 12.1 Å².